The van der Waals surface area contributed by atoms with E-state index in [-0.39, 0.29) is 5.92 Å². The highest BCUT2D eigenvalue weighted by atomic mass is 16.2. The van der Waals surface area contributed by atoms with Crippen LogP contribution in [0.4, 0.5) is 5.69 Å². The molecular formula is C22H27N3O. The van der Waals surface area contributed by atoms with E-state index in [1.807, 2.05) is 6.07 Å². The predicted octanol–water partition coefficient (Wildman–Crippen LogP) is 2.86. The van der Waals surface area contributed by atoms with Gasteiger partial charge in [-0.15, -0.1) is 0 Å². The Morgan fingerprint density at radius 2 is 1.50 bits per heavy atom. The number of likely N-dealkylation sites (tertiary alicyclic amines) is 1. The summed E-state index contributed by atoms with van der Waals surface area (Å²) < 4.78 is 0. The van der Waals surface area contributed by atoms with Gasteiger partial charge in [0.1, 0.15) is 0 Å². The molecule has 2 heterocycles. The number of hydrogen-bond donors (Lipinski definition) is 0. The lowest BCUT2D eigenvalue weighted by atomic mass is 10.1. The average molecular weight is 349 g/mol. The topological polar surface area (TPSA) is 26.8 Å². The molecule has 0 N–H and O–H groups in total. The molecule has 4 nitrogen and oxygen atoms in total. The van der Waals surface area contributed by atoms with Gasteiger partial charge in [-0.3, -0.25) is 9.69 Å². The van der Waals surface area contributed by atoms with Crippen LogP contribution in [-0.4, -0.2) is 55.0 Å². The second-order valence-electron chi connectivity index (χ2n) is 7.35. The van der Waals surface area contributed by atoms with Crippen molar-refractivity contribution in [3.8, 4) is 0 Å². The lowest BCUT2D eigenvalue weighted by molar-refractivity contribution is -0.135. The molecule has 2 aliphatic rings. The van der Waals surface area contributed by atoms with Crippen molar-refractivity contribution in [3.63, 3.8) is 0 Å². The highest BCUT2D eigenvalue weighted by molar-refractivity contribution is 5.79. The van der Waals surface area contributed by atoms with Gasteiger partial charge >= 0.3 is 0 Å². The number of para-hydroxylation sites is 1. The fourth-order valence-corrected chi connectivity index (χ4v) is 4.10. The van der Waals surface area contributed by atoms with Gasteiger partial charge in [-0.05, 0) is 30.7 Å². The molecule has 1 unspecified atom stereocenters. The van der Waals surface area contributed by atoms with Crippen LogP contribution >= 0.6 is 0 Å². The third kappa shape index (κ3) is 3.91. The van der Waals surface area contributed by atoms with E-state index in [9.17, 15) is 4.79 Å². The molecule has 2 aliphatic heterocycles. The number of anilines is 1. The Hall–Kier alpha value is -2.33. The molecule has 0 bridgehead atoms. The van der Waals surface area contributed by atoms with Crippen LogP contribution in [0.15, 0.2) is 60.7 Å². The summed E-state index contributed by atoms with van der Waals surface area (Å²) in [6.07, 6.45) is 0.991. The monoisotopic (exact) mass is 349 g/mol. The first-order valence-corrected chi connectivity index (χ1v) is 9.65. The maximum absolute atomic E-state index is 12.9. The number of carbonyl (C=O) groups excluding carboxylic acids is 1. The minimum Gasteiger partial charge on any atom is -0.368 e. The molecule has 1 atom stereocenters. The van der Waals surface area contributed by atoms with E-state index in [4.69, 9.17) is 0 Å². The zero-order valence-electron chi connectivity index (χ0n) is 15.3. The quantitative estimate of drug-likeness (QED) is 0.849. The van der Waals surface area contributed by atoms with Crippen molar-refractivity contribution in [1.29, 1.82) is 0 Å². The molecule has 4 heteroatoms. The molecule has 2 aromatic carbocycles. The molecule has 0 aliphatic carbocycles. The zero-order chi connectivity index (χ0) is 17.8. The molecule has 136 valence electrons. The van der Waals surface area contributed by atoms with Gasteiger partial charge in [0.2, 0.25) is 5.91 Å². The van der Waals surface area contributed by atoms with Gasteiger partial charge in [0.15, 0.2) is 0 Å². The van der Waals surface area contributed by atoms with Gasteiger partial charge in [0.05, 0.1) is 5.92 Å². The summed E-state index contributed by atoms with van der Waals surface area (Å²) in [4.78, 5) is 19.8. The van der Waals surface area contributed by atoms with Gasteiger partial charge < -0.3 is 9.80 Å². The minimum absolute atomic E-state index is 0.169. The van der Waals surface area contributed by atoms with E-state index >= 15 is 0 Å². The largest absolute Gasteiger partial charge is 0.368 e. The number of nitrogens with zero attached hydrogens (tertiary/aromatic N) is 3. The third-order valence-electron chi connectivity index (χ3n) is 5.58. The van der Waals surface area contributed by atoms with Gasteiger partial charge in [-0.2, -0.15) is 0 Å². The van der Waals surface area contributed by atoms with Crippen molar-refractivity contribution < 1.29 is 4.79 Å². The van der Waals surface area contributed by atoms with Crippen molar-refractivity contribution in [2.24, 2.45) is 5.92 Å². The maximum Gasteiger partial charge on any atom is 0.227 e. The van der Waals surface area contributed by atoms with Crippen molar-refractivity contribution in [2.45, 2.75) is 13.0 Å². The van der Waals surface area contributed by atoms with Gasteiger partial charge in [0.25, 0.3) is 0 Å². The fraction of sp³-hybridized carbons (Fsp3) is 0.409. The second-order valence-corrected chi connectivity index (χ2v) is 7.35. The number of amides is 1. The second kappa shape index (κ2) is 7.92. The van der Waals surface area contributed by atoms with Gasteiger partial charge in [-0.1, -0.05) is 48.5 Å². The summed E-state index contributed by atoms with van der Waals surface area (Å²) in [5.41, 5.74) is 2.59. The minimum atomic E-state index is 0.169. The highest BCUT2D eigenvalue weighted by Gasteiger charge is 2.32. The number of piperazine rings is 1. The molecule has 2 fully saturated rings. The molecular weight excluding hydrogens is 322 g/mol. The summed E-state index contributed by atoms with van der Waals surface area (Å²) in [5.74, 6) is 0.523. The average Bonchev–Trinajstić information content (AvgIpc) is 3.17. The van der Waals surface area contributed by atoms with Crippen LogP contribution in [-0.2, 0) is 11.3 Å². The number of benzene rings is 2. The standard InChI is InChI=1S/C22H27N3O/c26-22(20-11-12-23(18-20)17-19-7-3-1-4-8-19)25-15-13-24(14-16-25)21-9-5-2-6-10-21/h1-10,20H,11-18H2. The van der Waals surface area contributed by atoms with Crippen molar-refractivity contribution in [3.05, 3.63) is 66.2 Å². The lowest BCUT2D eigenvalue weighted by Gasteiger charge is -2.37. The van der Waals surface area contributed by atoms with Crippen LogP contribution in [0.25, 0.3) is 0 Å². The number of hydrogen-bond acceptors (Lipinski definition) is 3. The van der Waals surface area contributed by atoms with Gasteiger partial charge in [-0.25, -0.2) is 0 Å². The van der Waals surface area contributed by atoms with Crippen LogP contribution in [0.1, 0.15) is 12.0 Å². The molecule has 0 aromatic heterocycles. The maximum atomic E-state index is 12.9. The van der Waals surface area contributed by atoms with Crippen LogP contribution in [0.5, 0.6) is 0 Å². The van der Waals surface area contributed by atoms with E-state index in [1.165, 1.54) is 11.3 Å². The summed E-state index contributed by atoms with van der Waals surface area (Å²) in [6.45, 7) is 6.40. The Morgan fingerprint density at radius 1 is 0.846 bits per heavy atom. The van der Waals surface area contributed by atoms with Crippen molar-refractivity contribution in [1.82, 2.24) is 9.80 Å². The van der Waals surface area contributed by atoms with Crippen molar-refractivity contribution >= 4 is 11.6 Å². The predicted molar refractivity (Wildman–Crippen MR) is 105 cm³/mol. The van der Waals surface area contributed by atoms with E-state index in [0.717, 1.165) is 52.2 Å². The molecule has 0 radical (unpaired) electrons. The molecule has 0 spiro atoms. The van der Waals surface area contributed by atoms with E-state index in [2.05, 4.69) is 69.3 Å². The third-order valence-corrected chi connectivity index (χ3v) is 5.58. The first-order chi connectivity index (χ1) is 12.8. The fourth-order valence-electron chi connectivity index (χ4n) is 4.10. The Bertz CT molecular complexity index is 707. The molecule has 1 amide bonds. The Kier molecular flexibility index (Phi) is 5.21. The summed E-state index contributed by atoms with van der Waals surface area (Å²) >= 11 is 0. The highest BCUT2D eigenvalue weighted by Crippen LogP contribution is 2.22. The van der Waals surface area contributed by atoms with Crippen molar-refractivity contribution in [2.75, 3.05) is 44.2 Å². The van der Waals surface area contributed by atoms with E-state index in [0.29, 0.717) is 5.91 Å². The Labute approximate surface area is 156 Å². The molecule has 0 saturated carbocycles. The van der Waals surface area contributed by atoms with Crippen LogP contribution in [0, 0.1) is 5.92 Å². The van der Waals surface area contributed by atoms with E-state index in [1.54, 1.807) is 0 Å². The summed E-state index contributed by atoms with van der Waals surface area (Å²) in [5, 5.41) is 0. The smallest absolute Gasteiger partial charge is 0.227 e. The van der Waals surface area contributed by atoms with E-state index < -0.39 is 0 Å². The molecule has 2 aromatic rings. The number of carbonyl (C=O) groups is 1. The summed E-state index contributed by atoms with van der Waals surface area (Å²) in [6, 6.07) is 21.0. The van der Waals surface area contributed by atoms with Crippen LogP contribution in [0.2, 0.25) is 0 Å². The SMILES string of the molecule is O=C(C1CCN(Cc2ccccc2)C1)N1CCN(c2ccccc2)CC1. The first-order valence-electron chi connectivity index (χ1n) is 9.65. The summed E-state index contributed by atoms with van der Waals surface area (Å²) in [7, 11) is 0. The molecule has 4 rings (SSSR count). The molecule has 2 saturated heterocycles. The Morgan fingerprint density at radius 3 is 2.19 bits per heavy atom. The zero-order valence-corrected chi connectivity index (χ0v) is 15.3. The first kappa shape index (κ1) is 17.1. The van der Waals surface area contributed by atoms with Gasteiger partial charge in [0, 0.05) is 45.0 Å². The molecule has 26 heavy (non-hydrogen) atoms. The lowest BCUT2D eigenvalue weighted by Crippen LogP contribution is -2.50. The van der Waals surface area contributed by atoms with Crippen LogP contribution < -0.4 is 4.90 Å². The Balaban J connectivity index is 1.28. The van der Waals surface area contributed by atoms with Crippen LogP contribution in [0.3, 0.4) is 0 Å². The number of rotatable bonds is 4. The normalized spacial score (nSPS) is 21.2.